The van der Waals surface area contributed by atoms with E-state index in [1.807, 2.05) is 6.92 Å². The highest BCUT2D eigenvalue weighted by molar-refractivity contribution is 6.01. The molecular formula is C12H10F2N4O3. The van der Waals surface area contributed by atoms with Gasteiger partial charge in [-0.2, -0.15) is 0 Å². The molecule has 1 amide bonds. The van der Waals surface area contributed by atoms with Crippen LogP contribution in [0.3, 0.4) is 0 Å². The van der Waals surface area contributed by atoms with Crippen LogP contribution in [0.1, 0.15) is 23.4 Å². The van der Waals surface area contributed by atoms with Gasteiger partial charge in [-0.25, -0.2) is 4.98 Å². The number of aromatic amines is 1. The third-order valence-corrected chi connectivity index (χ3v) is 2.73. The smallest absolute Gasteiger partial charge is 0.395 e. The number of nitrogens with one attached hydrogen (secondary N) is 2. The van der Waals surface area contributed by atoms with Gasteiger partial charge in [0.1, 0.15) is 5.82 Å². The number of benzene rings is 1. The number of carbonyl (C=O) groups is 1. The molecule has 2 heterocycles. The molecule has 0 atom stereocenters. The van der Waals surface area contributed by atoms with Gasteiger partial charge in [-0.05, 0) is 12.1 Å². The maximum atomic E-state index is 12.9. The highest BCUT2D eigenvalue weighted by atomic mass is 19.3. The molecule has 21 heavy (non-hydrogen) atoms. The Morgan fingerprint density at radius 1 is 1.38 bits per heavy atom. The monoisotopic (exact) mass is 296 g/mol. The number of nitrogens with zero attached hydrogens (tertiary/aromatic N) is 2. The Morgan fingerprint density at radius 2 is 2.14 bits per heavy atom. The molecule has 0 spiro atoms. The maximum Gasteiger partial charge on any atom is 0.586 e. The largest absolute Gasteiger partial charge is 0.586 e. The second kappa shape index (κ2) is 4.69. The Hall–Kier alpha value is -2.71. The van der Waals surface area contributed by atoms with E-state index in [-0.39, 0.29) is 23.0 Å². The van der Waals surface area contributed by atoms with Gasteiger partial charge in [0.05, 0.1) is 0 Å². The summed E-state index contributed by atoms with van der Waals surface area (Å²) < 4.78 is 34.3. The lowest BCUT2D eigenvalue weighted by molar-refractivity contribution is -0.286. The molecule has 0 saturated carbocycles. The summed E-state index contributed by atoms with van der Waals surface area (Å²) in [5, 5.41) is 8.85. The van der Waals surface area contributed by atoms with E-state index in [9.17, 15) is 13.6 Å². The van der Waals surface area contributed by atoms with E-state index < -0.39 is 12.2 Å². The van der Waals surface area contributed by atoms with Crippen molar-refractivity contribution in [3.8, 4) is 11.5 Å². The molecule has 0 saturated heterocycles. The van der Waals surface area contributed by atoms with Crippen LogP contribution in [0, 0.1) is 0 Å². The summed E-state index contributed by atoms with van der Waals surface area (Å²) in [7, 11) is 0. The Balaban J connectivity index is 1.76. The van der Waals surface area contributed by atoms with Gasteiger partial charge in [-0.3, -0.25) is 9.89 Å². The number of fused-ring (bicyclic) bond motifs is 1. The molecular weight excluding hydrogens is 286 g/mol. The number of hydrogen-bond acceptors (Lipinski definition) is 5. The summed E-state index contributed by atoms with van der Waals surface area (Å²) in [6.07, 6.45) is -3.08. The molecule has 1 aliphatic heterocycles. The molecule has 1 aliphatic rings. The van der Waals surface area contributed by atoms with Gasteiger partial charge in [-0.15, -0.1) is 13.9 Å². The number of ether oxygens (including phenoxy) is 2. The zero-order chi connectivity index (χ0) is 15.0. The average Bonchev–Trinajstić information content (AvgIpc) is 3.00. The van der Waals surface area contributed by atoms with Crippen LogP contribution in [0.25, 0.3) is 0 Å². The molecule has 0 radical (unpaired) electrons. The van der Waals surface area contributed by atoms with Gasteiger partial charge in [0.2, 0.25) is 5.82 Å². The quantitative estimate of drug-likeness (QED) is 0.903. The van der Waals surface area contributed by atoms with Crippen molar-refractivity contribution in [3.05, 3.63) is 29.8 Å². The van der Waals surface area contributed by atoms with Crippen molar-refractivity contribution >= 4 is 11.6 Å². The van der Waals surface area contributed by atoms with Crippen LogP contribution in [0.5, 0.6) is 11.5 Å². The van der Waals surface area contributed by atoms with Crippen LogP contribution in [0.4, 0.5) is 14.5 Å². The fourth-order valence-electron chi connectivity index (χ4n) is 1.77. The number of anilines is 1. The first-order valence-electron chi connectivity index (χ1n) is 6.09. The summed E-state index contributed by atoms with van der Waals surface area (Å²) in [5.41, 5.74) is 0.267. The number of halogens is 2. The summed E-state index contributed by atoms with van der Waals surface area (Å²) in [5.74, 6) is -0.261. The summed E-state index contributed by atoms with van der Waals surface area (Å²) in [6, 6.07) is 3.93. The molecule has 1 aromatic heterocycles. The van der Waals surface area contributed by atoms with Crippen LogP contribution < -0.4 is 14.8 Å². The van der Waals surface area contributed by atoms with E-state index >= 15 is 0 Å². The van der Waals surface area contributed by atoms with E-state index in [2.05, 4.69) is 30.0 Å². The third-order valence-electron chi connectivity index (χ3n) is 2.73. The SMILES string of the molecule is CCc1nc(C(=O)Nc2ccc3c(c2)OC(F)(F)O3)n[nH]1. The van der Waals surface area contributed by atoms with Crippen LogP contribution in [-0.2, 0) is 6.42 Å². The van der Waals surface area contributed by atoms with E-state index in [1.54, 1.807) is 0 Å². The number of aromatic nitrogens is 3. The topological polar surface area (TPSA) is 89.1 Å². The van der Waals surface area contributed by atoms with Gasteiger partial charge >= 0.3 is 6.29 Å². The van der Waals surface area contributed by atoms with E-state index in [1.165, 1.54) is 18.2 Å². The van der Waals surface area contributed by atoms with Crippen molar-refractivity contribution in [3.63, 3.8) is 0 Å². The lowest BCUT2D eigenvalue weighted by Gasteiger charge is -2.04. The fourth-order valence-corrected chi connectivity index (χ4v) is 1.77. The molecule has 0 fully saturated rings. The predicted molar refractivity (Wildman–Crippen MR) is 66.4 cm³/mol. The van der Waals surface area contributed by atoms with Crippen molar-refractivity contribution in [1.29, 1.82) is 0 Å². The van der Waals surface area contributed by atoms with Crippen LogP contribution in [0.15, 0.2) is 18.2 Å². The zero-order valence-electron chi connectivity index (χ0n) is 10.8. The summed E-state index contributed by atoms with van der Waals surface area (Å²) in [6.45, 7) is 1.86. The van der Waals surface area contributed by atoms with Crippen LogP contribution in [-0.4, -0.2) is 27.4 Å². The third kappa shape index (κ3) is 2.62. The van der Waals surface area contributed by atoms with Gasteiger partial charge in [0.25, 0.3) is 5.91 Å². The van der Waals surface area contributed by atoms with Gasteiger partial charge in [0.15, 0.2) is 11.5 Å². The number of rotatable bonds is 3. The second-order valence-corrected chi connectivity index (χ2v) is 4.24. The first-order valence-corrected chi connectivity index (χ1v) is 6.09. The highest BCUT2D eigenvalue weighted by Gasteiger charge is 2.43. The van der Waals surface area contributed by atoms with E-state index in [0.717, 1.165) is 0 Å². The minimum Gasteiger partial charge on any atom is -0.395 e. The highest BCUT2D eigenvalue weighted by Crippen LogP contribution is 2.42. The Kier molecular flexibility index (Phi) is 2.96. The van der Waals surface area contributed by atoms with Gasteiger partial charge < -0.3 is 14.8 Å². The van der Waals surface area contributed by atoms with E-state index in [4.69, 9.17) is 0 Å². The predicted octanol–water partition coefficient (Wildman–Crippen LogP) is 1.94. The number of amides is 1. The lowest BCUT2D eigenvalue weighted by atomic mass is 10.3. The van der Waals surface area contributed by atoms with Crippen molar-refractivity contribution in [2.75, 3.05) is 5.32 Å². The number of carbonyl (C=O) groups excluding carboxylic acids is 1. The lowest BCUT2D eigenvalue weighted by Crippen LogP contribution is -2.25. The summed E-state index contributed by atoms with van der Waals surface area (Å²) in [4.78, 5) is 15.9. The van der Waals surface area contributed by atoms with Gasteiger partial charge in [-0.1, -0.05) is 6.92 Å². The second-order valence-electron chi connectivity index (χ2n) is 4.24. The number of hydrogen-bond donors (Lipinski definition) is 2. The molecule has 3 rings (SSSR count). The fraction of sp³-hybridized carbons (Fsp3) is 0.250. The minimum atomic E-state index is -3.69. The van der Waals surface area contributed by atoms with Crippen LogP contribution >= 0.6 is 0 Å². The molecule has 9 heteroatoms. The van der Waals surface area contributed by atoms with E-state index in [0.29, 0.717) is 12.2 Å². The molecule has 0 bridgehead atoms. The molecule has 7 nitrogen and oxygen atoms in total. The van der Waals surface area contributed by atoms with Crippen molar-refractivity contribution < 1.29 is 23.0 Å². The van der Waals surface area contributed by atoms with Crippen molar-refractivity contribution in [2.45, 2.75) is 19.6 Å². The molecule has 2 aromatic rings. The van der Waals surface area contributed by atoms with Gasteiger partial charge in [0, 0.05) is 18.2 Å². The Morgan fingerprint density at radius 3 is 2.86 bits per heavy atom. The average molecular weight is 296 g/mol. The molecule has 1 aromatic carbocycles. The number of alkyl halides is 2. The van der Waals surface area contributed by atoms with Crippen molar-refractivity contribution in [2.24, 2.45) is 0 Å². The summed E-state index contributed by atoms with van der Waals surface area (Å²) >= 11 is 0. The molecule has 0 unspecified atom stereocenters. The standard InChI is InChI=1S/C12H10F2N4O3/c1-2-9-16-10(18-17-9)11(19)15-6-3-4-7-8(5-6)21-12(13,14)20-7/h3-5H,2H2,1H3,(H,15,19)(H,16,17,18). The molecule has 0 aliphatic carbocycles. The number of aryl methyl sites for hydroxylation is 1. The Bertz CT molecular complexity index is 702. The van der Waals surface area contributed by atoms with Crippen LogP contribution in [0.2, 0.25) is 0 Å². The zero-order valence-corrected chi connectivity index (χ0v) is 10.8. The molecule has 110 valence electrons. The first-order chi connectivity index (χ1) is 9.97. The normalized spacial score (nSPS) is 15.0. The van der Waals surface area contributed by atoms with Crippen molar-refractivity contribution in [1.82, 2.24) is 15.2 Å². The Labute approximate surface area is 117 Å². The minimum absolute atomic E-state index is 0.0325. The number of H-pyrrole nitrogens is 1. The first kappa shape index (κ1) is 13.3. The molecule has 2 N–H and O–H groups in total. The maximum absolute atomic E-state index is 12.9.